The van der Waals surface area contributed by atoms with Crippen molar-refractivity contribution >= 4 is 23.3 Å². The van der Waals surface area contributed by atoms with Gasteiger partial charge in [-0.3, -0.25) is 4.79 Å². The number of nitrogens with one attached hydrogen (secondary N) is 2. The lowest BCUT2D eigenvalue weighted by Gasteiger charge is -2.27. The summed E-state index contributed by atoms with van der Waals surface area (Å²) in [5.74, 6) is -1.08. The Hall–Kier alpha value is -1.56. The van der Waals surface area contributed by atoms with Crippen LogP contribution in [-0.2, 0) is 11.3 Å². The summed E-state index contributed by atoms with van der Waals surface area (Å²) in [4.78, 5) is 22.7. The Bertz CT molecular complexity index is 433. The zero-order valence-corrected chi connectivity index (χ0v) is 11.4. The van der Waals surface area contributed by atoms with Gasteiger partial charge in [0, 0.05) is 12.6 Å². The first kappa shape index (κ1) is 13.9. The van der Waals surface area contributed by atoms with E-state index in [2.05, 4.69) is 10.6 Å². The summed E-state index contributed by atoms with van der Waals surface area (Å²) in [6.45, 7) is 0.504. The van der Waals surface area contributed by atoms with Crippen LogP contribution in [0.1, 0.15) is 31.2 Å². The van der Waals surface area contributed by atoms with Crippen molar-refractivity contribution in [2.45, 2.75) is 38.3 Å². The molecule has 19 heavy (non-hydrogen) atoms. The molecule has 5 nitrogen and oxygen atoms in total. The number of hydrogen-bond donors (Lipinski definition) is 3. The summed E-state index contributed by atoms with van der Waals surface area (Å²) in [6, 6.07) is 1.71. The molecular formula is C13H18N2O3S. The van der Waals surface area contributed by atoms with Crippen LogP contribution in [0.2, 0.25) is 0 Å². The van der Waals surface area contributed by atoms with Crippen molar-refractivity contribution in [1.29, 1.82) is 0 Å². The van der Waals surface area contributed by atoms with E-state index in [1.165, 1.54) is 0 Å². The highest BCUT2D eigenvalue weighted by Crippen LogP contribution is 2.24. The van der Waals surface area contributed by atoms with Crippen molar-refractivity contribution in [2.24, 2.45) is 5.92 Å². The Labute approximate surface area is 116 Å². The van der Waals surface area contributed by atoms with E-state index in [1.54, 1.807) is 11.3 Å². The van der Waals surface area contributed by atoms with E-state index in [1.807, 2.05) is 16.8 Å². The molecule has 2 rings (SSSR count). The summed E-state index contributed by atoms with van der Waals surface area (Å²) in [5.41, 5.74) is 1.08. The van der Waals surface area contributed by atoms with Crippen LogP contribution in [0.15, 0.2) is 16.8 Å². The predicted molar refractivity (Wildman–Crippen MR) is 73.1 cm³/mol. The van der Waals surface area contributed by atoms with Crippen molar-refractivity contribution < 1.29 is 14.7 Å². The largest absolute Gasteiger partial charge is 0.481 e. The molecule has 2 atom stereocenters. The summed E-state index contributed by atoms with van der Waals surface area (Å²) in [7, 11) is 0. The van der Waals surface area contributed by atoms with Crippen LogP contribution in [-0.4, -0.2) is 23.1 Å². The van der Waals surface area contributed by atoms with Gasteiger partial charge in [-0.05, 0) is 41.7 Å². The minimum absolute atomic E-state index is 0.0303. The third-order valence-electron chi connectivity index (χ3n) is 3.39. The molecule has 0 spiro atoms. The number of thiophene rings is 1. The predicted octanol–water partition coefficient (Wildman–Crippen LogP) is 2.19. The first-order chi connectivity index (χ1) is 9.15. The number of rotatable bonds is 4. The Morgan fingerprint density at radius 2 is 2.26 bits per heavy atom. The number of carboxylic acid groups (broad SMARTS) is 1. The molecule has 1 fully saturated rings. The maximum atomic E-state index is 11.7. The number of hydrogen-bond acceptors (Lipinski definition) is 3. The molecule has 1 aliphatic carbocycles. The Balaban J connectivity index is 1.74. The monoisotopic (exact) mass is 282 g/mol. The lowest BCUT2D eigenvalue weighted by molar-refractivity contribution is -0.143. The molecule has 6 heteroatoms. The first-order valence-corrected chi connectivity index (χ1v) is 7.37. The molecule has 1 aromatic rings. The van der Waals surface area contributed by atoms with Gasteiger partial charge in [0.05, 0.1) is 5.92 Å². The topological polar surface area (TPSA) is 78.4 Å². The van der Waals surface area contributed by atoms with Gasteiger partial charge in [-0.25, -0.2) is 4.79 Å². The van der Waals surface area contributed by atoms with E-state index < -0.39 is 5.97 Å². The number of carboxylic acids is 1. The van der Waals surface area contributed by atoms with Crippen molar-refractivity contribution in [1.82, 2.24) is 10.6 Å². The zero-order valence-electron chi connectivity index (χ0n) is 10.6. The molecule has 1 heterocycles. The third kappa shape index (κ3) is 4.24. The second-order valence-corrected chi connectivity index (χ2v) is 5.64. The molecule has 2 amide bonds. The average molecular weight is 282 g/mol. The normalized spacial score (nSPS) is 22.7. The minimum atomic E-state index is -0.759. The lowest BCUT2D eigenvalue weighted by Crippen LogP contribution is -2.44. The molecule has 1 aliphatic rings. The molecule has 0 aromatic carbocycles. The van der Waals surface area contributed by atoms with E-state index in [4.69, 9.17) is 5.11 Å². The number of carbonyl (C=O) groups is 2. The van der Waals surface area contributed by atoms with Crippen LogP contribution >= 0.6 is 11.3 Å². The van der Waals surface area contributed by atoms with Crippen LogP contribution < -0.4 is 10.6 Å². The van der Waals surface area contributed by atoms with Crippen LogP contribution in [0.4, 0.5) is 4.79 Å². The summed E-state index contributed by atoms with van der Waals surface area (Å²) < 4.78 is 0. The van der Waals surface area contributed by atoms with Crippen LogP contribution in [0.3, 0.4) is 0 Å². The van der Waals surface area contributed by atoms with E-state index in [-0.39, 0.29) is 18.0 Å². The Kier molecular flexibility index (Phi) is 4.79. The highest BCUT2D eigenvalue weighted by molar-refractivity contribution is 7.07. The summed E-state index contributed by atoms with van der Waals surface area (Å²) in [5, 5.41) is 18.6. The quantitative estimate of drug-likeness (QED) is 0.792. The van der Waals surface area contributed by atoms with Gasteiger partial charge >= 0.3 is 12.0 Å². The van der Waals surface area contributed by atoms with E-state index in [9.17, 15) is 9.59 Å². The van der Waals surface area contributed by atoms with Crippen molar-refractivity contribution in [3.63, 3.8) is 0 Å². The van der Waals surface area contributed by atoms with Crippen molar-refractivity contribution in [3.8, 4) is 0 Å². The maximum absolute atomic E-state index is 11.7. The van der Waals surface area contributed by atoms with Gasteiger partial charge in [-0.15, -0.1) is 0 Å². The molecule has 1 saturated carbocycles. The minimum Gasteiger partial charge on any atom is -0.481 e. The number of amides is 2. The smallest absolute Gasteiger partial charge is 0.315 e. The first-order valence-electron chi connectivity index (χ1n) is 6.43. The van der Waals surface area contributed by atoms with E-state index in [0.717, 1.165) is 18.4 Å². The van der Waals surface area contributed by atoms with Crippen molar-refractivity contribution in [2.75, 3.05) is 0 Å². The summed E-state index contributed by atoms with van der Waals surface area (Å²) in [6.07, 6.45) is 2.95. The molecular weight excluding hydrogens is 264 g/mol. The number of carbonyl (C=O) groups excluding carboxylic acids is 1. The fourth-order valence-electron chi connectivity index (χ4n) is 2.36. The molecule has 3 N–H and O–H groups in total. The lowest BCUT2D eigenvalue weighted by atomic mass is 9.86. The standard InChI is InChI=1S/C13H18N2O3S/c16-12(17)10-2-1-3-11(6-10)15-13(18)14-7-9-4-5-19-8-9/h4-5,8,10-11H,1-3,6-7H2,(H,16,17)(H2,14,15,18). The van der Waals surface area contributed by atoms with Gasteiger partial charge < -0.3 is 15.7 Å². The van der Waals surface area contributed by atoms with Gasteiger partial charge in [0.1, 0.15) is 0 Å². The third-order valence-corrected chi connectivity index (χ3v) is 4.12. The molecule has 2 unspecified atom stereocenters. The fraction of sp³-hybridized carbons (Fsp3) is 0.538. The van der Waals surface area contributed by atoms with Crippen LogP contribution in [0.25, 0.3) is 0 Å². The summed E-state index contributed by atoms with van der Waals surface area (Å²) >= 11 is 1.59. The van der Waals surface area contributed by atoms with Gasteiger partial charge in [-0.2, -0.15) is 11.3 Å². The van der Waals surface area contributed by atoms with Gasteiger partial charge in [-0.1, -0.05) is 6.42 Å². The second-order valence-electron chi connectivity index (χ2n) is 4.86. The van der Waals surface area contributed by atoms with Gasteiger partial charge in [0.15, 0.2) is 0 Å². The fourth-order valence-corrected chi connectivity index (χ4v) is 3.03. The number of urea groups is 1. The molecule has 0 bridgehead atoms. The molecule has 0 aliphatic heterocycles. The maximum Gasteiger partial charge on any atom is 0.315 e. The van der Waals surface area contributed by atoms with Crippen molar-refractivity contribution in [3.05, 3.63) is 22.4 Å². The molecule has 0 radical (unpaired) electrons. The number of aliphatic carboxylic acids is 1. The molecule has 104 valence electrons. The average Bonchev–Trinajstić information content (AvgIpc) is 2.90. The Morgan fingerprint density at radius 1 is 1.42 bits per heavy atom. The van der Waals surface area contributed by atoms with Crippen LogP contribution in [0.5, 0.6) is 0 Å². The SMILES string of the molecule is O=C(NCc1ccsc1)NC1CCCC(C(=O)O)C1. The highest BCUT2D eigenvalue weighted by Gasteiger charge is 2.27. The second kappa shape index (κ2) is 6.56. The zero-order chi connectivity index (χ0) is 13.7. The van der Waals surface area contributed by atoms with Gasteiger partial charge in [0.25, 0.3) is 0 Å². The van der Waals surface area contributed by atoms with E-state index in [0.29, 0.717) is 19.4 Å². The Morgan fingerprint density at radius 3 is 2.95 bits per heavy atom. The highest BCUT2D eigenvalue weighted by atomic mass is 32.1. The van der Waals surface area contributed by atoms with Gasteiger partial charge in [0.2, 0.25) is 0 Å². The van der Waals surface area contributed by atoms with E-state index >= 15 is 0 Å². The molecule has 0 saturated heterocycles. The van der Waals surface area contributed by atoms with Crippen LogP contribution in [0, 0.1) is 5.92 Å². The molecule has 1 aromatic heterocycles.